The predicted molar refractivity (Wildman–Crippen MR) is 115 cm³/mol. The molecule has 2 amide bonds. The molecule has 0 bridgehead atoms. The molecule has 0 saturated carbocycles. The first-order chi connectivity index (χ1) is 13.7. The molecule has 0 aliphatic carbocycles. The zero-order chi connectivity index (χ0) is 19.6. The summed E-state index contributed by atoms with van der Waals surface area (Å²) in [5, 5.41) is 3.07. The number of unbranched alkanes of at least 4 members (excludes halogenated alkanes) is 2. The number of aryl methyl sites for hydroxylation is 1. The highest BCUT2D eigenvalue weighted by molar-refractivity contribution is 7.99. The number of thioether (sulfide) groups is 1. The van der Waals surface area contributed by atoms with Crippen molar-refractivity contribution in [3.05, 3.63) is 71.8 Å². The highest BCUT2D eigenvalue weighted by Gasteiger charge is 2.37. The molecule has 0 spiro atoms. The summed E-state index contributed by atoms with van der Waals surface area (Å²) in [5.74, 6) is 0.878. The SMILES string of the molecule is O=C(CN1C(=O)CC1SCc1ccccc1)NCCCCCc1ccccc1. The van der Waals surface area contributed by atoms with Crippen molar-refractivity contribution in [3.63, 3.8) is 0 Å². The molecule has 1 aliphatic heterocycles. The van der Waals surface area contributed by atoms with E-state index in [4.69, 9.17) is 0 Å². The Morgan fingerprint density at radius 2 is 1.64 bits per heavy atom. The van der Waals surface area contributed by atoms with Gasteiger partial charge in [0.15, 0.2) is 0 Å². The fraction of sp³-hybridized carbons (Fsp3) is 0.391. The smallest absolute Gasteiger partial charge is 0.239 e. The van der Waals surface area contributed by atoms with Gasteiger partial charge >= 0.3 is 0 Å². The van der Waals surface area contributed by atoms with E-state index in [1.165, 1.54) is 11.1 Å². The molecule has 1 aliphatic rings. The van der Waals surface area contributed by atoms with Gasteiger partial charge in [-0.2, -0.15) is 0 Å². The second kappa shape index (κ2) is 10.9. The van der Waals surface area contributed by atoms with Crippen molar-refractivity contribution in [2.75, 3.05) is 13.1 Å². The third kappa shape index (κ3) is 6.41. The Hall–Kier alpha value is -2.27. The van der Waals surface area contributed by atoms with Gasteiger partial charge < -0.3 is 10.2 Å². The number of nitrogens with zero attached hydrogens (tertiary/aromatic N) is 1. The van der Waals surface area contributed by atoms with Crippen molar-refractivity contribution in [2.24, 2.45) is 0 Å². The number of carbonyl (C=O) groups excluding carboxylic acids is 2. The van der Waals surface area contributed by atoms with Crippen molar-refractivity contribution < 1.29 is 9.59 Å². The molecule has 148 valence electrons. The first kappa shape index (κ1) is 20.5. The maximum atomic E-state index is 12.2. The van der Waals surface area contributed by atoms with Gasteiger partial charge in [-0.15, -0.1) is 11.8 Å². The van der Waals surface area contributed by atoms with Crippen molar-refractivity contribution in [1.29, 1.82) is 0 Å². The number of β-lactam (4-membered cyclic amide) rings is 1. The van der Waals surface area contributed by atoms with Crippen LogP contribution in [0.3, 0.4) is 0 Å². The molecule has 1 unspecified atom stereocenters. The Balaban J connectivity index is 1.27. The van der Waals surface area contributed by atoms with Crippen molar-refractivity contribution in [1.82, 2.24) is 10.2 Å². The monoisotopic (exact) mass is 396 g/mol. The van der Waals surface area contributed by atoms with Crippen molar-refractivity contribution in [2.45, 2.75) is 43.2 Å². The van der Waals surface area contributed by atoms with E-state index in [0.717, 1.165) is 31.4 Å². The number of hydrogen-bond donors (Lipinski definition) is 1. The van der Waals surface area contributed by atoms with Gasteiger partial charge in [0.2, 0.25) is 11.8 Å². The van der Waals surface area contributed by atoms with Crippen LogP contribution in [0.4, 0.5) is 0 Å². The van der Waals surface area contributed by atoms with Gasteiger partial charge in [0.05, 0.1) is 11.8 Å². The van der Waals surface area contributed by atoms with Crippen LogP contribution in [0.25, 0.3) is 0 Å². The Bertz CT molecular complexity index is 752. The molecular weight excluding hydrogens is 368 g/mol. The number of likely N-dealkylation sites (tertiary alicyclic amines) is 1. The summed E-state index contributed by atoms with van der Waals surface area (Å²) in [4.78, 5) is 25.7. The summed E-state index contributed by atoms with van der Waals surface area (Å²) in [6.45, 7) is 0.854. The van der Waals surface area contributed by atoms with Gasteiger partial charge in [-0.1, -0.05) is 67.1 Å². The lowest BCUT2D eigenvalue weighted by molar-refractivity contribution is -0.145. The van der Waals surface area contributed by atoms with Gasteiger partial charge in [0.25, 0.3) is 0 Å². The van der Waals surface area contributed by atoms with Crippen LogP contribution < -0.4 is 5.32 Å². The minimum atomic E-state index is -0.0542. The molecular formula is C23H28N2O2S. The van der Waals surface area contributed by atoms with Crippen LogP contribution in [-0.2, 0) is 21.8 Å². The average Bonchev–Trinajstić information content (AvgIpc) is 2.73. The summed E-state index contributed by atoms with van der Waals surface area (Å²) in [6.07, 6.45) is 4.80. The Morgan fingerprint density at radius 1 is 0.964 bits per heavy atom. The Labute approximate surface area is 171 Å². The second-order valence-electron chi connectivity index (χ2n) is 7.12. The molecule has 5 heteroatoms. The predicted octanol–water partition coefficient (Wildman–Crippen LogP) is 4.01. The van der Waals surface area contributed by atoms with E-state index in [1.54, 1.807) is 16.7 Å². The van der Waals surface area contributed by atoms with Crippen LogP contribution in [0.1, 0.15) is 36.8 Å². The van der Waals surface area contributed by atoms with Crippen LogP contribution >= 0.6 is 11.8 Å². The minimum Gasteiger partial charge on any atom is -0.355 e. The van der Waals surface area contributed by atoms with E-state index >= 15 is 0 Å². The molecule has 1 saturated heterocycles. The molecule has 2 aromatic rings. The molecule has 1 N–H and O–H groups in total. The first-order valence-corrected chi connectivity index (χ1v) is 11.0. The maximum absolute atomic E-state index is 12.2. The second-order valence-corrected chi connectivity index (χ2v) is 8.29. The zero-order valence-electron chi connectivity index (χ0n) is 16.2. The van der Waals surface area contributed by atoms with E-state index in [2.05, 4.69) is 41.7 Å². The lowest BCUT2D eigenvalue weighted by Gasteiger charge is -2.39. The van der Waals surface area contributed by atoms with Crippen LogP contribution in [0.15, 0.2) is 60.7 Å². The lowest BCUT2D eigenvalue weighted by atomic mass is 10.1. The summed E-state index contributed by atoms with van der Waals surface area (Å²) >= 11 is 1.73. The van der Waals surface area contributed by atoms with E-state index in [0.29, 0.717) is 13.0 Å². The highest BCUT2D eigenvalue weighted by Crippen LogP contribution is 2.31. The maximum Gasteiger partial charge on any atom is 0.239 e. The zero-order valence-corrected chi connectivity index (χ0v) is 17.0. The summed E-state index contributed by atoms with van der Waals surface area (Å²) < 4.78 is 0. The van der Waals surface area contributed by atoms with Gasteiger partial charge in [0.1, 0.15) is 6.54 Å². The summed E-state index contributed by atoms with van der Waals surface area (Å²) in [5.41, 5.74) is 2.61. The lowest BCUT2D eigenvalue weighted by Crippen LogP contribution is -2.54. The molecule has 2 aromatic carbocycles. The molecule has 1 fully saturated rings. The molecule has 4 nitrogen and oxygen atoms in total. The molecule has 0 aromatic heterocycles. The molecule has 1 atom stereocenters. The van der Waals surface area contributed by atoms with Gasteiger partial charge in [-0.3, -0.25) is 9.59 Å². The summed E-state index contributed by atoms with van der Waals surface area (Å²) in [6, 6.07) is 20.7. The fourth-order valence-corrected chi connectivity index (χ4v) is 4.45. The number of nitrogens with one attached hydrogen (secondary N) is 1. The number of rotatable bonds is 11. The number of hydrogen-bond acceptors (Lipinski definition) is 3. The average molecular weight is 397 g/mol. The van der Waals surface area contributed by atoms with E-state index in [1.807, 2.05) is 24.3 Å². The standard InChI is InChI=1S/C23H28N2O2S/c26-21(24-15-9-3-8-12-19-10-4-1-5-11-19)17-25-22(27)16-23(25)28-18-20-13-6-2-7-14-20/h1-2,4-7,10-11,13-14,23H,3,8-9,12,15-18H2,(H,24,26). The van der Waals surface area contributed by atoms with Gasteiger partial charge in [0, 0.05) is 12.3 Å². The number of amides is 2. The molecule has 0 radical (unpaired) electrons. The molecule has 28 heavy (non-hydrogen) atoms. The first-order valence-electron chi connectivity index (χ1n) is 9.98. The molecule has 1 heterocycles. The van der Waals surface area contributed by atoms with Gasteiger partial charge in [-0.05, 0) is 30.4 Å². The quantitative estimate of drug-likeness (QED) is 0.461. The van der Waals surface area contributed by atoms with Crippen LogP contribution in [0.2, 0.25) is 0 Å². The normalized spacial score (nSPS) is 15.9. The highest BCUT2D eigenvalue weighted by atomic mass is 32.2. The third-order valence-corrected chi connectivity index (χ3v) is 6.23. The Morgan fingerprint density at radius 3 is 2.32 bits per heavy atom. The van der Waals surface area contributed by atoms with Gasteiger partial charge in [-0.25, -0.2) is 0 Å². The van der Waals surface area contributed by atoms with Crippen LogP contribution in [-0.4, -0.2) is 35.2 Å². The topological polar surface area (TPSA) is 49.4 Å². The van der Waals surface area contributed by atoms with E-state index < -0.39 is 0 Å². The molecule has 3 rings (SSSR count). The van der Waals surface area contributed by atoms with Crippen molar-refractivity contribution >= 4 is 23.6 Å². The van der Waals surface area contributed by atoms with E-state index in [9.17, 15) is 9.59 Å². The van der Waals surface area contributed by atoms with Crippen LogP contribution in [0, 0.1) is 0 Å². The summed E-state index contributed by atoms with van der Waals surface area (Å²) in [7, 11) is 0. The third-order valence-electron chi connectivity index (χ3n) is 4.92. The van der Waals surface area contributed by atoms with Crippen LogP contribution in [0.5, 0.6) is 0 Å². The Kier molecular flexibility index (Phi) is 7.97. The number of carbonyl (C=O) groups is 2. The van der Waals surface area contributed by atoms with E-state index in [-0.39, 0.29) is 23.7 Å². The number of benzene rings is 2. The minimum absolute atomic E-state index is 0.0542. The fourth-order valence-electron chi connectivity index (χ4n) is 3.24. The largest absolute Gasteiger partial charge is 0.355 e. The van der Waals surface area contributed by atoms with Crippen molar-refractivity contribution in [3.8, 4) is 0 Å².